The lowest BCUT2D eigenvalue weighted by Crippen LogP contribution is -2.44. The smallest absolute Gasteiger partial charge is 0.259 e. The molecule has 2 rings (SSSR count). The topological polar surface area (TPSA) is 100 Å². The number of hydrogen-bond acceptors (Lipinski definition) is 5. The lowest BCUT2D eigenvalue weighted by atomic mass is 10.2. The summed E-state index contributed by atoms with van der Waals surface area (Å²) in [6.45, 7) is 0.715. The number of nitrogens with one attached hydrogen (secondary N) is 1. The first-order valence-corrected chi connectivity index (χ1v) is 6.82. The highest BCUT2D eigenvalue weighted by atomic mass is 32.2. The van der Waals surface area contributed by atoms with Crippen molar-refractivity contribution in [1.82, 2.24) is 0 Å². The van der Waals surface area contributed by atoms with E-state index in [-0.39, 0.29) is 0 Å². The van der Waals surface area contributed by atoms with Gasteiger partial charge >= 0.3 is 0 Å². The van der Waals surface area contributed by atoms with Crippen molar-refractivity contribution in [2.75, 3.05) is 23.3 Å². The Morgan fingerprint density at radius 3 is 3.05 bits per heavy atom. The summed E-state index contributed by atoms with van der Waals surface area (Å²) in [5.74, 6) is 0.641. The summed E-state index contributed by atoms with van der Waals surface area (Å²) < 4.78 is 27.3. The van der Waals surface area contributed by atoms with E-state index in [0.717, 1.165) is 12.1 Å². The van der Waals surface area contributed by atoms with Crippen LogP contribution in [-0.4, -0.2) is 34.9 Å². The van der Waals surface area contributed by atoms with E-state index in [4.69, 9.17) is 15.0 Å². The largest absolute Gasteiger partial charge is 0.495 e. The molecule has 4 N–H and O–H groups in total. The quantitative estimate of drug-likeness (QED) is 0.709. The van der Waals surface area contributed by atoms with E-state index in [1.165, 1.54) is 0 Å². The zero-order valence-corrected chi connectivity index (χ0v) is 11.3. The molecule has 0 fully saturated rings. The first-order chi connectivity index (χ1) is 9.11. The molecule has 2 atom stereocenters. The molecule has 1 aromatic rings. The zero-order valence-electron chi connectivity index (χ0n) is 10.4. The lowest BCUT2D eigenvalue weighted by Gasteiger charge is -2.32. The maximum atomic E-state index is 10.8. The van der Waals surface area contributed by atoms with E-state index >= 15 is 0 Å². The molecule has 104 valence electrons. The Morgan fingerprint density at radius 1 is 1.63 bits per heavy atom. The van der Waals surface area contributed by atoms with Gasteiger partial charge in [-0.15, -0.1) is 0 Å². The van der Waals surface area contributed by atoms with E-state index in [9.17, 15) is 4.21 Å². The summed E-state index contributed by atoms with van der Waals surface area (Å²) in [7, 11) is 1.56. The molecule has 0 amide bonds. The average molecular weight is 284 g/mol. The van der Waals surface area contributed by atoms with Crippen LogP contribution in [0.25, 0.3) is 0 Å². The van der Waals surface area contributed by atoms with E-state index in [2.05, 4.69) is 9.71 Å². The molecule has 1 aliphatic heterocycles. The molecule has 0 saturated carbocycles. The van der Waals surface area contributed by atoms with Gasteiger partial charge in [-0.2, -0.15) is 0 Å². The predicted octanol–water partition coefficient (Wildman–Crippen LogP) is 0.767. The molecule has 0 aliphatic carbocycles. The highest BCUT2D eigenvalue weighted by molar-refractivity contribution is 7.80. The van der Waals surface area contributed by atoms with Crippen LogP contribution in [0.1, 0.15) is 6.42 Å². The van der Waals surface area contributed by atoms with Crippen LogP contribution in [0.15, 0.2) is 23.2 Å². The molecule has 0 radical (unpaired) electrons. The maximum Gasteiger partial charge on any atom is 0.259 e. The molecule has 1 heterocycles. The van der Waals surface area contributed by atoms with Crippen LogP contribution in [0.5, 0.6) is 5.75 Å². The first kappa shape index (κ1) is 13.8. The SMILES string of the molecule is COc1ccc(NS(=O)O)cc1N1CCC=NC1N. The third kappa shape index (κ3) is 3.22. The van der Waals surface area contributed by atoms with Crippen LogP contribution in [-0.2, 0) is 11.3 Å². The highest BCUT2D eigenvalue weighted by Gasteiger charge is 2.20. The number of rotatable bonds is 4. The first-order valence-electron chi connectivity index (χ1n) is 5.71. The summed E-state index contributed by atoms with van der Waals surface area (Å²) in [6.07, 6.45) is 2.11. The Morgan fingerprint density at radius 2 is 2.42 bits per heavy atom. The molecular formula is C11H16N4O3S. The Balaban J connectivity index is 2.35. The fraction of sp³-hybridized carbons (Fsp3) is 0.364. The molecule has 1 aliphatic rings. The molecule has 19 heavy (non-hydrogen) atoms. The van der Waals surface area contributed by atoms with Gasteiger partial charge in [0.15, 0.2) is 6.29 Å². The Labute approximate surface area is 113 Å². The molecular weight excluding hydrogens is 268 g/mol. The van der Waals surface area contributed by atoms with E-state index < -0.39 is 17.6 Å². The molecule has 0 spiro atoms. The molecule has 2 unspecified atom stereocenters. The summed E-state index contributed by atoms with van der Waals surface area (Å²) in [6, 6.07) is 5.10. The fourth-order valence-corrected chi connectivity index (χ4v) is 2.26. The summed E-state index contributed by atoms with van der Waals surface area (Å²) in [5, 5.41) is 0. The van der Waals surface area contributed by atoms with Crippen molar-refractivity contribution in [3.05, 3.63) is 18.2 Å². The van der Waals surface area contributed by atoms with Crippen LogP contribution < -0.4 is 20.1 Å². The van der Waals surface area contributed by atoms with E-state index in [0.29, 0.717) is 18.0 Å². The number of hydrogen-bond donors (Lipinski definition) is 3. The van der Waals surface area contributed by atoms with Gasteiger partial charge in [0, 0.05) is 19.2 Å². The van der Waals surface area contributed by atoms with Crippen molar-refractivity contribution in [2.45, 2.75) is 12.7 Å². The molecule has 1 aromatic carbocycles. The Kier molecular flexibility index (Phi) is 4.35. The number of nitrogens with zero attached hydrogens (tertiary/aromatic N) is 2. The number of benzene rings is 1. The number of nitrogens with two attached hydrogens (primary N) is 1. The van der Waals surface area contributed by atoms with Crippen LogP contribution in [0, 0.1) is 0 Å². The van der Waals surface area contributed by atoms with Crippen molar-refractivity contribution in [3.8, 4) is 5.75 Å². The fourth-order valence-electron chi connectivity index (χ4n) is 1.93. The third-order valence-electron chi connectivity index (χ3n) is 2.77. The number of methoxy groups -OCH3 is 1. The average Bonchev–Trinajstić information content (AvgIpc) is 2.38. The van der Waals surface area contributed by atoms with Crippen LogP contribution >= 0.6 is 0 Å². The third-order valence-corrected chi connectivity index (χ3v) is 3.18. The molecule has 8 heteroatoms. The van der Waals surface area contributed by atoms with E-state index in [1.807, 2.05) is 4.90 Å². The Bertz CT molecular complexity index is 509. The maximum absolute atomic E-state index is 10.8. The minimum absolute atomic E-state index is 0.475. The lowest BCUT2D eigenvalue weighted by molar-refractivity contribution is 0.412. The van der Waals surface area contributed by atoms with Crippen molar-refractivity contribution in [3.63, 3.8) is 0 Å². The number of aliphatic imine (C=N–C) groups is 1. The zero-order chi connectivity index (χ0) is 13.8. The minimum atomic E-state index is -2.12. The second-order valence-electron chi connectivity index (χ2n) is 3.97. The summed E-state index contributed by atoms with van der Waals surface area (Å²) in [4.78, 5) is 6.03. The monoisotopic (exact) mass is 284 g/mol. The second kappa shape index (κ2) is 6.00. The van der Waals surface area contributed by atoms with Crippen LogP contribution in [0.3, 0.4) is 0 Å². The van der Waals surface area contributed by atoms with E-state index in [1.54, 1.807) is 31.5 Å². The van der Waals surface area contributed by atoms with Gasteiger partial charge in [-0.05, 0) is 18.2 Å². The van der Waals surface area contributed by atoms with Crippen molar-refractivity contribution >= 4 is 28.9 Å². The highest BCUT2D eigenvalue weighted by Crippen LogP contribution is 2.33. The van der Waals surface area contributed by atoms with Crippen LogP contribution in [0.2, 0.25) is 0 Å². The van der Waals surface area contributed by atoms with Crippen LogP contribution in [0.4, 0.5) is 11.4 Å². The van der Waals surface area contributed by atoms with Gasteiger partial charge in [-0.25, -0.2) is 4.21 Å². The Hall–Kier alpha value is -1.64. The van der Waals surface area contributed by atoms with Gasteiger partial charge in [0.2, 0.25) is 0 Å². The molecule has 0 saturated heterocycles. The number of ether oxygens (including phenoxy) is 1. The summed E-state index contributed by atoms with van der Waals surface area (Å²) in [5.41, 5.74) is 7.18. The normalized spacial score (nSPS) is 20.2. The van der Waals surface area contributed by atoms with Gasteiger partial charge in [0.05, 0.1) is 18.5 Å². The van der Waals surface area contributed by atoms with Gasteiger partial charge in [-0.3, -0.25) is 20.0 Å². The standard InChI is InChI=1S/C11H16N4O3S/c1-18-10-4-3-8(14-19(16)17)7-9(10)15-6-2-5-13-11(15)12/h3-5,7,11,14H,2,6,12H2,1H3,(H,16,17). The number of anilines is 2. The van der Waals surface area contributed by atoms with Gasteiger partial charge < -0.3 is 9.64 Å². The second-order valence-corrected chi connectivity index (χ2v) is 4.67. The minimum Gasteiger partial charge on any atom is -0.495 e. The van der Waals surface area contributed by atoms with Gasteiger partial charge in [0.25, 0.3) is 11.3 Å². The summed E-state index contributed by atoms with van der Waals surface area (Å²) >= 11 is -2.12. The van der Waals surface area contributed by atoms with Crippen molar-refractivity contribution in [2.24, 2.45) is 10.7 Å². The molecule has 7 nitrogen and oxygen atoms in total. The van der Waals surface area contributed by atoms with Gasteiger partial charge in [-0.1, -0.05) is 0 Å². The predicted molar refractivity (Wildman–Crippen MR) is 75.8 cm³/mol. The van der Waals surface area contributed by atoms with Crippen molar-refractivity contribution in [1.29, 1.82) is 0 Å². The van der Waals surface area contributed by atoms with Crippen molar-refractivity contribution < 1.29 is 13.5 Å². The van der Waals surface area contributed by atoms with Gasteiger partial charge in [0.1, 0.15) is 5.75 Å². The molecule has 0 bridgehead atoms. The molecule has 0 aromatic heterocycles.